The van der Waals surface area contributed by atoms with Crippen molar-refractivity contribution in [3.05, 3.63) is 30.0 Å². The summed E-state index contributed by atoms with van der Waals surface area (Å²) in [7, 11) is 0. The Hall–Kier alpha value is -0.740. The van der Waals surface area contributed by atoms with Crippen molar-refractivity contribution in [3.8, 4) is 0 Å². The Balaban J connectivity index is 2.54. The van der Waals surface area contributed by atoms with Gasteiger partial charge in [-0.25, -0.2) is 0 Å². The van der Waals surface area contributed by atoms with Crippen molar-refractivity contribution in [3.63, 3.8) is 0 Å². The molecule has 0 heteroatoms. The normalized spacial score (nSPS) is 26.0. The summed E-state index contributed by atoms with van der Waals surface area (Å²) in [5.74, 6) is 1.62. The van der Waals surface area contributed by atoms with Gasteiger partial charge in [-0.3, -0.25) is 0 Å². The Labute approximate surface area is 82.0 Å². The van der Waals surface area contributed by atoms with E-state index in [9.17, 15) is 0 Å². The highest BCUT2D eigenvalue weighted by atomic mass is 14.4. The number of allylic oxidation sites excluding steroid dienone is 2. The first-order chi connectivity index (χ1) is 6.20. The molecule has 1 saturated carbocycles. The molecule has 1 aliphatic carbocycles. The van der Waals surface area contributed by atoms with Gasteiger partial charge in [0.05, 0.1) is 0 Å². The molecule has 0 aliphatic heterocycles. The average Bonchev–Trinajstić information content (AvgIpc) is 2.10. The summed E-state index contributed by atoms with van der Waals surface area (Å²) in [5, 5.41) is 0. The summed E-state index contributed by atoms with van der Waals surface area (Å²) < 4.78 is 0. The molecule has 0 heterocycles. The second-order valence-electron chi connectivity index (χ2n) is 4.06. The molecule has 0 aromatic heterocycles. The summed E-state index contributed by atoms with van der Waals surface area (Å²) in [5.41, 5.74) is 5.38. The van der Waals surface area contributed by atoms with E-state index in [4.69, 9.17) is 0 Å². The lowest BCUT2D eigenvalue weighted by atomic mass is 9.67. The summed E-state index contributed by atoms with van der Waals surface area (Å²) in [6.45, 7) is 12.1. The summed E-state index contributed by atoms with van der Waals surface area (Å²) in [6, 6.07) is 0. The quantitative estimate of drug-likeness (QED) is 0.447. The van der Waals surface area contributed by atoms with E-state index in [1.807, 2.05) is 0 Å². The van der Waals surface area contributed by atoms with Crippen LogP contribution in [-0.2, 0) is 0 Å². The second-order valence-corrected chi connectivity index (χ2v) is 4.06. The molecule has 1 rings (SSSR count). The van der Waals surface area contributed by atoms with E-state index in [0.29, 0.717) is 0 Å². The molecule has 0 amide bonds. The molecule has 2 unspecified atom stereocenters. The molecule has 0 aromatic carbocycles. The predicted octanol–water partition coefficient (Wildman–Crippen LogP) is 4.10. The largest absolute Gasteiger partial charge is 0.125 e. The topological polar surface area (TPSA) is 0 Å². The maximum Gasteiger partial charge on any atom is -0.00686 e. The first kappa shape index (κ1) is 10.3. The minimum absolute atomic E-state index is 0.731. The average molecular weight is 176 g/mol. The molecule has 0 bridgehead atoms. The second kappa shape index (κ2) is 4.48. The number of hydrogen-bond acceptors (Lipinski definition) is 0. The minimum Gasteiger partial charge on any atom is -0.125 e. The van der Waals surface area contributed by atoms with Gasteiger partial charge in [0.25, 0.3) is 0 Å². The van der Waals surface area contributed by atoms with Gasteiger partial charge in [-0.2, -0.15) is 0 Å². The fraction of sp³-hybridized carbons (Fsp3) is 0.615. The maximum atomic E-state index is 4.14. The molecule has 0 aromatic rings. The van der Waals surface area contributed by atoms with Gasteiger partial charge >= 0.3 is 0 Å². The molecule has 0 radical (unpaired) electrons. The lowest BCUT2D eigenvalue weighted by molar-refractivity contribution is 0.201. The molecule has 0 spiro atoms. The molecule has 1 aliphatic rings. The van der Waals surface area contributed by atoms with Crippen LogP contribution in [0.3, 0.4) is 0 Å². The molecular weight excluding hydrogens is 156 g/mol. The molecule has 13 heavy (non-hydrogen) atoms. The molecule has 2 atom stereocenters. The molecule has 0 N–H and O–H groups in total. The van der Waals surface area contributed by atoms with Crippen LogP contribution in [0.1, 0.15) is 39.5 Å². The van der Waals surface area contributed by atoms with E-state index in [2.05, 4.69) is 32.7 Å². The SMILES string of the molecule is C=C=C(C)C(=C)C1CCC1CCC. The van der Waals surface area contributed by atoms with Gasteiger partial charge in [-0.05, 0) is 42.7 Å². The van der Waals surface area contributed by atoms with Crippen molar-refractivity contribution < 1.29 is 0 Å². The van der Waals surface area contributed by atoms with Gasteiger partial charge < -0.3 is 0 Å². The van der Waals surface area contributed by atoms with E-state index in [1.165, 1.54) is 31.3 Å². The highest BCUT2D eigenvalue weighted by Gasteiger charge is 2.32. The van der Waals surface area contributed by atoms with Crippen LogP contribution in [0.5, 0.6) is 0 Å². The van der Waals surface area contributed by atoms with Crippen molar-refractivity contribution in [2.75, 3.05) is 0 Å². The van der Waals surface area contributed by atoms with Crippen LogP contribution >= 0.6 is 0 Å². The Bertz CT molecular complexity index is 241. The van der Waals surface area contributed by atoms with Crippen LogP contribution in [0.25, 0.3) is 0 Å². The smallest absolute Gasteiger partial charge is 0.00686 e. The monoisotopic (exact) mass is 176 g/mol. The van der Waals surface area contributed by atoms with E-state index in [1.54, 1.807) is 0 Å². The van der Waals surface area contributed by atoms with Crippen molar-refractivity contribution >= 4 is 0 Å². The summed E-state index contributed by atoms with van der Waals surface area (Å²) in [6.07, 6.45) is 5.36. The zero-order valence-corrected chi connectivity index (χ0v) is 8.90. The van der Waals surface area contributed by atoms with Crippen LogP contribution < -0.4 is 0 Å². The van der Waals surface area contributed by atoms with Gasteiger partial charge in [-0.15, -0.1) is 5.73 Å². The third kappa shape index (κ3) is 2.14. The highest BCUT2D eigenvalue weighted by Crippen LogP contribution is 2.43. The van der Waals surface area contributed by atoms with Crippen molar-refractivity contribution in [2.24, 2.45) is 11.8 Å². The van der Waals surface area contributed by atoms with Gasteiger partial charge in [0.15, 0.2) is 0 Å². The van der Waals surface area contributed by atoms with Crippen LogP contribution in [0.2, 0.25) is 0 Å². The predicted molar refractivity (Wildman–Crippen MR) is 58.6 cm³/mol. The zero-order chi connectivity index (χ0) is 9.84. The molecule has 0 saturated heterocycles. The highest BCUT2D eigenvalue weighted by molar-refractivity contribution is 5.29. The van der Waals surface area contributed by atoms with Gasteiger partial charge in [0, 0.05) is 0 Å². The van der Waals surface area contributed by atoms with E-state index >= 15 is 0 Å². The maximum absolute atomic E-state index is 4.14. The van der Waals surface area contributed by atoms with E-state index < -0.39 is 0 Å². The number of hydrogen-bond donors (Lipinski definition) is 0. The van der Waals surface area contributed by atoms with E-state index in [0.717, 1.165) is 17.4 Å². The van der Waals surface area contributed by atoms with Crippen LogP contribution in [0.4, 0.5) is 0 Å². The molecule has 0 nitrogen and oxygen atoms in total. The Kier molecular flexibility index (Phi) is 3.57. The van der Waals surface area contributed by atoms with Crippen molar-refractivity contribution in [1.29, 1.82) is 0 Å². The standard InChI is InChI=1S/C13H20/c1-5-7-12-8-9-13(12)11(4)10(3)6-2/h12-13H,2,4-5,7-9H2,1,3H3. The Morgan fingerprint density at radius 2 is 2.15 bits per heavy atom. The van der Waals surface area contributed by atoms with E-state index in [-0.39, 0.29) is 0 Å². The number of rotatable bonds is 4. The Morgan fingerprint density at radius 1 is 1.46 bits per heavy atom. The third-order valence-electron chi connectivity index (χ3n) is 3.27. The molecular formula is C13H20. The minimum atomic E-state index is 0.731. The third-order valence-corrected chi connectivity index (χ3v) is 3.27. The molecule has 1 fully saturated rings. The first-order valence-corrected chi connectivity index (χ1v) is 5.26. The van der Waals surface area contributed by atoms with Crippen LogP contribution in [0, 0.1) is 11.8 Å². The zero-order valence-electron chi connectivity index (χ0n) is 8.90. The van der Waals surface area contributed by atoms with Gasteiger partial charge in [0.2, 0.25) is 0 Å². The van der Waals surface area contributed by atoms with Crippen LogP contribution in [0.15, 0.2) is 30.0 Å². The van der Waals surface area contributed by atoms with Crippen molar-refractivity contribution in [1.82, 2.24) is 0 Å². The fourth-order valence-electron chi connectivity index (χ4n) is 2.14. The van der Waals surface area contributed by atoms with Crippen molar-refractivity contribution in [2.45, 2.75) is 39.5 Å². The van der Waals surface area contributed by atoms with Gasteiger partial charge in [-0.1, -0.05) is 32.9 Å². The fourth-order valence-corrected chi connectivity index (χ4v) is 2.14. The molecule has 72 valence electrons. The van der Waals surface area contributed by atoms with Crippen LogP contribution in [-0.4, -0.2) is 0 Å². The first-order valence-electron chi connectivity index (χ1n) is 5.26. The summed E-state index contributed by atoms with van der Waals surface area (Å²) in [4.78, 5) is 0. The lowest BCUT2D eigenvalue weighted by Crippen LogP contribution is -2.27. The van der Waals surface area contributed by atoms with Gasteiger partial charge in [0.1, 0.15) is 0 Å². The Morgan fingerprint density at radius 3 is 2.54 bits per heavy atom. The summed E-state index contributed by atoms with van der Waals surface area (Å²) >= 11 is 0. The lowest BCUT2D eigenvalue weighted by Gasteiger charge is -2.38.